The lowest BCUT2D eigenvalue weighted by atomic mass is 9.82. The summed E-state index contributed by atoms with van der Waals surface area (Å²) in [6, 6.07) is 19.0. The summed E-state index contributed by atoms with van der Waals surface area (Å²) in [5, 5.41) is 2.90. The molecule has 1 heterocycles. The number of carbonyl (C=O) groups excluding carboxylic acids is 2. The minimum absolute atomic E-state index is 0.135. The molecule has 0 aliphatic carbocycles. The molecule has 0 aromatic heterocycles. The molecular weight excluding hydrogens is 457 g/mol. The Hall–Kier alpha value is -3.81. The SMILES string of the molecule is COc1ccc(CNC(=O)[C@]2(C)Cc3ccccc3C(=O)N2Cc2cccc(C(F)(F)F)c2)cc1. The first-order valence-corrected chi connectivity index (χ1v) is 11.1. The van der Waals surface area contributed by atoms with Crippen molar-refractivity contribution < 1.29 is 27.5 Å². The molecule has 0 fully saturated rings. The van der Waals surface area contributed by atoms with E-state index in [0.717, 1.165) is 23.3 Å². The summed E-state index contributed by atoms with van der Waals surface area (Å²) in [7, 11) is 1.56. The minimum atomic E-state index is -4.51. The summed E-state index contributed by atoms with van der Waals surface area (Å²) in [5.41, 5.74) is 0.202. The summed E-state index contributed by atoms with van der Waals surface area (Å²) in [4.78, 5) is 28.3. The molecule has 3 aromatic rings. The van der Waals surface area contributed by atoms with E-state index in [4.69, 9.17) is 4.74 Å². The zero-order valence-electron chi connectivity index (χ0n) is 19.4. The van der Waals surface area contributed by atoms with Crippen LogP contribution in [0.15, 0.2) is 72.8 Å². The second-order valence-corrected chi connectivity index (χ2v) is 8.73. The first-order chi connectivity index (χ1) is 16.6. The number of nitrogens with zero attached hydrogens (tertiary/aromatic N) is 1. The number of fused-ring (bicyclic) bond motifs is 1. The summed E-state index contributed by atoms with van der Waals surface area (Å²) >= 11 is 0. The third kappa shape index (κ3) is 5.01. The zero-order chi connectivity index (χ0) is 25.2. The maximum atomic E-state index is 13.5. The van der Waals surface area contributed by atoms with Gasteiger partial charge in [0.25, 0.3) is 5.91 Å². The highest BCUT2D eigenvalue weighted by atomic mass is 19.4. The quantitative estimate of drug-likeness (QED) is 0.539. The van der Waals surface area contributed by atoms with Crippen molar-refractivity contribution in [3.05, 3.63) is 101 Å². The Bertz CT molecular complexity index is 1240. The fraction of sp³-hybridized carbons (Fsp3) is 0.259. The van der Waals surface area contributed by atoms with Gasteiger partial charge in [0.05, 0.1) is 12.7 Å². The third-order valence-corrected chi connectivity index (χ3v) is 6.32. The van der Waals surface area contributed by atoms with E-state index in [1.807, 2.05) is 12.1 Å². The second kappa shape index (κ2) is 9.44. The first kappa shape index (κ1) is 24.3. The molecule has 0 spiro atoms. The van der Waals surface area contributed by atoms with Crippen molar-refractivity contribution in [3.8, 4) is 5.75 Å². The molecule has 1 aliphatic rings. The van der Waals surface area contributed by atoms with E-state index in [-0.39, 0.29) is 25.4 Å². The summed E-state index contributed by atoms with van der Waals surface area (Å²) < 4.78 is 44.9. The molecule has 1 aliphatic heterocycles. The normalized spacial score (nSPS) is 17.6. The molecule has 0 radical (unpaired) electrons. The molecule has 2 amide bonds. The number of halogens is 3. The van der Waals surface area contributed by atoms with Crippen molar-refractivity contribution in [2.45, 2.75) is 38.1 Å². The Morgan fingerprint density at radius 1 is 1.03 bits per heavy atom. The average molecular weight is 483 g/mol. The van der Waals surface area contributed by atoms with Crippen LogP contribution in [0.25, 0.3) is 0 Å². The average Bonchev–Trinajstić information content (AvgIpc) is 2.85. The highest BCUT2D eigenvalue weighted by Gasteiger charge is 2.46. The molecule has 0 saturated carbocycles. The van der Waals surface area contributed by atoms with Crippen molar-refractivity contribution in [1.82, 2.24) is 10.2 Å². The summed E-state index contributed by atoms with van der Waals surface area (Å²) in [6.07, 6.45) is -4.27. The predicted molar refractivity (Wildman–Crippen MR) is 125 cm³/mol. The first-order valence-electron chi connectivity index (χ1n) is 11.1. The van der Waals surface area contributed by atoms with Gasteiger partial charge >= 0.3 is 6.18 Å². The molecule has 8 heteroatoms. The maximum Gasteiger partial charge on any atom is 0.416 e. The summed E-state index contributed by atoms with van der Waals surface area (Å²) in [6.45, 7) is 1.74. The molecular formula is C27H25F3N2O3. The van der Waals surface area contributed by atoms with E-state index in [1.54, 1.807) is 50.4 Å². The van der Waals surface area contributed by atoms with Gasteiger partial charge in [-0.25, -0.2) is 0 Å². The number of benzene rings is 3. The van der Waals surface area contributed by atoms with Gasteiger partial charge in [-0.1, -0.05) is 42.5 Å². The van der Waals surface area contributed by atoms with Crippen LogP contribution in [0.2, 0.25) is 0 Å². The number of ether oxygens (including phenoxy) is 1. The van der Waals surface area contributed by atoms with Crippen molar-refractivity contribution in [1.29, 1.82) is 0 Å². The largest absolute Gasteiger partial charge is 0.497 e. The van der Waals surface area contributed by atoms with Crippen molar-refractivity contribution >= 4 is 11.8 Å². The number of methoxy groups -OCH3 is 1. The molecule has 0 saturated heterocycles. The van der Waals surface area contributed by atoms with Crippen LogP contribution in [-0.4, -0.2) is 29.4 Å². The Balaban J connectivity index is 1.63. The summed E-state index contributed by atoms with van der Waals surface area (Å²) in [5.74, 6) is -0.0942. The molecule has 1 N–H and O–H groups in total. The monoisotopic (exact) mass is 482 g/mol. The number of carbonyl (C=O) groups is 2. The van der Waals surface area contributed by atoms with Gasteiger partial charge in [-0.2, -0.15) is 13.2 Å². The van der Waals surface area contributed by atoms with Gasteiger partial charge in [0, 0.05) is 25.1 Å². The van der Waals surface area contributed by atoms with Gasteiger partial charge in [0.2, 0.25) is 5.91 Å². The standard InChI is InChI=1S/C27H25F3N2O3/c1-26(25(34)31-16-18-10-12-22(35-2)13-11-18)15-20-7-3-4-9-23(20)24(33)32(26)17-19-6-5-8-21(14-19)27(28,29)30/h3-14H,15-17H2,1-2H3,(H,31,34)/t26-/m0/s1. The molecule has 3 aromatic carbocycles. The lowest BCUT2D eigenvalue weighted by Gasteiger charge is -2.44. The van der Waals surface area contributed by atoms with Gasteiger partial charge in [0.15, 0.2) is 0 Å². The Morgan fingerprint density at radius 2 is 1.74 bits per heavy atom. The van der Waals surface area contributed by atoms with E-state index in [0.29, 0.717) is 16.9 Å². The third-order valence-electron chi connectivity index (χ3n) is 6.32. The van der Waals surface area contributed by atoms with E-state index >= 15 is 0 Å². The fourth-order valence-corrected chi connectivity index (χ4v) is 4.31. The minimum Gasteiger partial charge on any atom is -0.497 e. The highest BCUT2D eigenvalue weighted by Crippen LogP contribution is 2.34. The van der Waals surface area contributed by atoms with Crippen LogP contribution in [0.3, 0.4) is 0 Å². The van der Waals surface area contributed by atoms with Gasteiger partial charge in [-0.15, -0.1) is 0 Å². The van der Waals surface area contributed by atoms with Crippen LogP contribution in [0.4, 0.5) is 13.2 Å². The number of nitrogens with one attached hydrogen (secondary N) is 1. The van der Waals surface area contributed by atoms with E-state index in [9.17, 15) is 22.8 Å². The second-order valence-electron chi connectivity index (χ2n) is 8.73. The topological polar surface area (TPSA) is 58.6 Å². The molecule has 0 unspecified atom stereocenters. The Kier molecular flexibility index (Phi) is 6.56. The van der Waals surface area contributed by atoms with E-state index in [1.165, 1.54) is 17.0 Å². The van der Waals surface area contributed by atoms with Crippen LogP contribution >= 0.6 is 0 Å². The van der Waals surface area contributed by atoms with Gasteiger partial charge < -0.3 is 15.0 Å². The lowest BCUT2D eigenvalue weighted by Crippen LogP contribution is -2.62. The fourth-order valence-electron chi connectivity index (χ4n) is 4.31. The Labute approximate surface area is 201 Å². The molecule has 0 bridgehead atoms. The molecule has 35 heavy (non-hydrogen) atoms. The maximum absolute atomic E-state index is 13.5. The van der Waals surface area contributed by atoms with Crippen molar-refractivity contribution in [2.24, 2.45) is 0 Å². The van der Waals surface area contributed by atoms with Crippen molar-refractivity contribution in [3.63, 3.8) is 0 Å². The smallest absolute Gasteiger partial charge is 0.416 e. The number of hydrogen-bond donors (Lipinski definition) is 1. The highest BCUT2D eigenvalue weighted by molar-refractivity contribution is 6.02. The van der Waals surface area contributed by atoms with Crippen LogP contribution in [0, 0.1) is 0 Å². The molecule has 182 valence electrons. The van der Waals surface area contributed by atoms with E-state index < -0.39 is 23.2 Å². The van der Waals surface area contributed by atoms with Gasteiger partial charge in [0.1, 0.15) is 11.3 Å². The lowest BCUT2D eigenvalue weighted by molar-refractivity contribution is -0.137. The number of alkyl halides is 3. The number of hydrogen-bond acceptors (Lipinski definition) is 3. The van der Waals surface area contributed by atoms with Crippen molar-refractivity contribution in [2.75, 3.05) is 7.11 Å². The zero-order valence-corrected chi connectivity index (χ0v) is 19.4. The Morgan fingerprint density at radius 3 is 2.43 bits per heavy atom. The number of rotatable bonds is 6. The molecule has 4 rings (SSSR count). The van der Waals surface area contributed by atoms with Crippen LogP contribution in [0.5, 0.6) is 5.75 Å². The van der Waals surface area contributed by atoms with Gasteiger partial charge in [-0.3, -0.25) is 9.59 Å². The molecule has 1 atom stereocenters. The van der Waals surface area contributed by atoms with Gasteiger partial charge in [-0.05, 0) is 53.9 Å². The van der Waals surface area contributed by atoms with Crippen LogP contribution in [0.1, 0.15) is 39.5 Å². The van der Waals surface area contributed by atoms with Crippen LogP contribution in [-0.2, 0) is 30.5 Å². The van der Waals surface area contributed by atoms with E-state index in [2.05, 4.69) is 5.32 Å². The molecule has 5 nitrogen and oxygen atoms in total. The number of amides is 2. The van der Waals surface area contributed by atoms with Crippen LogP contribution < -0.4 is 10.1 Å². The predicted octanol–water partition coefficient (Wildman–Crippen LogP) is 4.99.